The molecule has 0 fully saturated rings. The van der Waals surface area contributed by atoms with Crippen molar-refractivity contribution in [3.63, 3.8) is 0 Å². The molecule has 1 aromatic rings. The maximum absolute atomic E-state index is 10.7. The van der Waals surface area contributed by atoms with Gasteiger partial charge in [0.25, 0.3) is 0 Å². The van der Waals surface area contributed by atoms with Gasteiger partial charge >= 0.3 is 5.97 Å². The van der Waals surface area contributed by atoms with Crippen molar-refractivity contribution in [1.29, 1.82) is 0 Å². The van der Waals surface area contributed by atoms with Gasteiger partial charge in [0.1, 0.15) is 5.75 Å². The molecule has 1 rings (SSSR count). The molecular weight excluding hydrogens is 206 g/mol. The lowest BCUT2D eigenvalue weighted by atomic mass is 10.3. The number of anilines is 1. The smallest absolute Gasteiger partial charge is 0.384 e. The number of ether oxygens (including phenoxy) is 2. The molecule has 1 aromatic carbocycles. The molecule has 0 radical (unpaired) electrons. The maximum Gasteiger partial charge on any atom is 0.384 e. The number of nitrogens with one attached hydrogen (secondary N) is 1. The van der Waals surface area contributed by atoms with Crippen LogP contribution in [0.15, 0.2) is 24.3 Å². The average molecular weight is 219 g/mol. The Balaban J connectivity index is 2.47. The van der Waals surface area contributed by atoms with E-state index >= 15 is 0 Å². The first kappa shape index (κ1) is 11.9. The Morgan fingerprint density at radius 2 is 2.25 bits per heavy atom. The van der Waals surface area contributed by atoms with Crippen molar-refractivity contribution < 1.29 is 14.3 Å². The van der Waals surface area contributed by atoms with Gasteiger partial charge in [0.2, 0.25) is 0 Å². The van der Waals surface area contributed by atoms with Gasteiger partial charge in [-0.05, 0) is 12.1 Å². The fourth-order valence-electron chi connectivity index (χ4n) is 1.05. The third-order valence-electron chi connectivity index (χ3n) is 1.83. The van der Waals surface area contributed by atoms with E-state index in [9.17, 15) is 4.79 Å². The molecule has 0 heterocycles. The fourth-order valence-corrected chi connectivity index (χ4v) is 1.05. The van der Waals surface area contributed by atoms with Crippen LogP contribution >= 0.6 is 0 Å². The van der Waals surface area contributed by atoms with Gasteiger partial charge in [-0.25, -0.2) is 4.79 Å². The number of benzene rings is 1. The fraction of sp³-hybridized carbons (Fsp3) is 0.250. The van der Waals surface area contributed by atoms with E-state index in [0.717, 1.165) is 11.4 Å². The minimum atomic E-state index is -0.535. The topological polar surface area (TPSA) is 47.6 Å². The first-order chi connectivity index (χ1) is 7.76. The first-order valence-electron chi connectivity index (χ1n) is 4.71. The third kappa shape index (κ3) is 3.93. The zero-order valence-electron chi connectivity index (χ0n) is 9.24. The third-order valence-corrected chi connectivity index (χ3v) is 1.83. The Bertz CT molecular complexity index is 418. The Morgan fingerprint density at radius 1 is 1.44 bits per heavy atom. The summed E-state index contributed by atoms with van der Waals surface area (Å²) in [6.45, 7) is 0.377. The predicted molar refractivity (Wildman–Crippen MR) is 61.3 cm³/mol. The van der Waals surface area contributed by atoms with Crippen LogP contribution in [0.2, 0.25) is 0 Å². The molecule has 0 aliphatic rings. The van der Waals surface area contributed by atoms with E-state index in [-0.39, 0.29) is 0 Å². The Hall–Kier alpha value is -2.15. The number of carbonyl (C=O) groups is 1. The lowest BCUT2D eigenvalue weighted by Crippen LogP contribution is -2.01. The van der Waals surface area contributed by atoms with Gasteiger partial charge in [-0.3, -0.25) is 0 Å². The Labute approximate surface area is 94.6 Å². The first-order valence-corrected chi connectivity index (χ1v) is 4.71. The minimum Gasteiger partial charge on any atom is -0.497 e. The molecule has 16 heavy (non-hydrogen) atoms. The van der Waals surface area contributed by atoms with E-state index in [1.54, 1.807) is 7.11 Å². The van der Waals surface area contributed by atoms with Crippen LogP contribution in [-0.2, 0) is 9.53 Å². The molecule has 4 heteroatoms. The molecular formula is C12H13NO3. The standard InChI is InChI=1S/C12H13NO3/c1-15-11-6-3-5-10(9-11)13-8-4-7-12(14)16-2/h3,5-6,9,13H,8H2,1-2H3. The zero-order chi connectivity index (χ0) is 11.8. The SMILES string of the molecule is COC(=O)C#CCNc1cccc(OC)c1. The molecule has 0 aromatic heterocycles. The van der Waals surface area contributed by atoms with Gasteiger partial charge in [-0.2, -0.15) is 0 Å². The van der Waals surface area contributed by atoms with Crippen LogP contribution in [0.5, 0.6) is 5.75 Å². The van der Waals surface area contributed by atoms with Gasteiger partial charge in [0.15, 0.2) is 0 Å². The Morgan fingerprint density at radius 3 is 2.94 bits per heavy atom. The summed E-state index contributed by atoms with van der Waals surface area (Å²) in [5.41, 5.74) is 0.888. The summed E-state index contributed by atoms with van der Waals surface area (Å²) in [6.07, 6.45) is 0. The quantitative estimate of drug-likeness (QED) is 0.472. The molecule has 0 saturated carbocycles. The van der Waals surface area contributed by atoms with Crippen LogP contribution in [0, 0.1) is 11.8 Å². The lowest BCUT2D eigenvalue weighted by Gasteiger charge is -2.04. The normalized spacial score (nSPS) is 8.62. The van der Waals surface area contributed by atoms with E-state index in [1.165, 1.54) is 7.11 Å². The monoisotopic (exact) mass is 219 g/mol. The van der Waals surface area contributed by atoms with Crippen molar-refractivity contribution >= 4 is 11.7 Å². The highest BCUT2D eigenvalue weighted by Gasteiger charge is 1.93. The molecule has 4 nitrogen and oxygen atoms in total. The van der Waals surface area contributed by atoms with Crippen molar-refractivity contribution in [1.82, 2.24) is 0 Å². The van der Waals surface area contributed by atoms with Crippen LogP contribution < -0.4 is 10.1 Å². The van der Waals surface area contributed by atoms with Gasteiger partial charge in [-0.1, -0.05) is 12.0 Å². The molecule has 0 saturated heterocycles. The molecule has 0 spiro atoms. The summed E-state index contributed by atoms with van der Waals surface area (Å²) in [4.78, 5) is 10.7. The molecule has 0 aliphatic heterocycles. The predicted octanol–water partition coefficient (Wildman–Crippen LogP) is 1.28. The molecule has 0 bridgehead atoms. The van der Waals surface area contributed by atoms with E-state index in [1.807, 2.05) is 24.3 Å². The molecule has 0 aliphatic carbocycles. The Kier molecular flexibility index (Phi) is 4.74. The van der Waals surface area contributed by atoms with Crippen molar-refractivity contribution in [2.75, 3.05) is 26.1 Å². The number of rotatable bonds is 3. The molecule has 1 N–H and O–H groups in total. The van der Waals surface area contributed by atoms with E-state index < -0.39 is 5.97 Å². The summed E-state index contributed by atoms with van der Waals surface area (Å²) < 4.78 is 9.45. The van der Waals surface area contributed by atoms with Gasteiger partial charge in [0, 0.05) is 17.7 Å². The van der Waals surface area contributed by atoms with Crippen LogP contribution in [0.3, 0.4) is 0 Å². The van der Waals surface area contributed by atoms with Gasteiger partial charge in [-0.15, -0.1) is 0 Å². The zero-order valence-corrected chi connectivity index (χ0v) is 9.24. The number of hydrogen-bond acceptors (Lipinski definition) is 4. The lowest BCUT2D eigenvalue weighted by molar-refractivity contribution is -0.133. The number of methoxy groups -OCH3 is 2. The summed E-state index contributed by atoms with van der Waals surface area (Å²) in [7, 11) is 2.91. The molecule has 0 atom stereocenters. The van der Waals surface area contributed by atoms with Crippen LogP contribution in [-0.4, -0.2) is 26.7 Å². The van der Waals surface area contributed by atoms with Gasteiger partial charge in [0.05, 0.1) is 20.8 Å². The largest absolute Gasteiger partial charge is 0.497 e. The van der Waals surface area contributed by atoms with E-state index in [2.05, 4.69) is 21.9 Å². The highest BCUT2D eigenvalue weighted by molar-refractivity contribution is 5.88. The second-order valence-electron chi connectivity index (χ2n) is 2.88. The van der Waals surface area contributed by atoms with Crippen molar-refractivity contribution in [2.24, 2.45) is 0 Å². The molecule has 0 unspecified atom stereocenters. The summed E-state index contributed by atoms with van der Waals surface area (Å²) in [6, 6.07) is 7.46. The van der Waals surface area contributed by atoms with Crippen LogP contribution in [0.4, 0.5) is 5.69 Å². The van der Waals surface area contributed by atoms with Crippen molar-refractivity contribution in [3.05, 3.63) is 24.3 Å². The van der Waals surface area contributed by atoms with Gasteiger partial charge < -0.3 is 14.8 Å². The van der Waals surface area contributed by atoms with Crippen molar-refractivity contribution in [2.45, 2.75) is 0 Å². The average Bonchev–Trinajstić information content (AvgIpc) is 2.34. The molecule has 84 valence electrons. The van der Waals surface area contributed by atoms with Crippen molar-refractivity contribution in [3.8, 4) is 17.6 Å². The summed E-state index contributed by atoms with van der Waals surface area (Å²) in [5.74, 6) is 5.21. The van der Waals surface area contributed by atoms with E-state index in [4.69, 9.17) is 4.74 Å². The highest BCUT2D eigenvalue weighted by atomic mass is 16.5. The maximum atomic E-state index is 10.7. The second-order valence-corrected chi connectivity index (χ2v) is 2.88. The number of esters is 1. The van der Waals surface area contributed by atoms with Crippen LogP contribution in [0.25, 0.3) is 0 Å². The second kappa shape index (κ2) is 6.36. The summed E-state index contributed by atoms with van der Waals surface area (Å²) in [5, 5.41) is 3.04. The van der Waals surface area contributed by atoms with Crippen LogP contribution in [0.1, 0.15) is 0 Å². The van der Waals surface area contributed by atoms with E-state index in [0.29, 0.717) is 6.54 Å². The summed E-state index contributed by atoms with van der Waals surface area (Å²) >= 11 is 0. The number of hydrogen-bond donors (Lipinski definition) is 1. The molecule has 0 amide bonds. The number of carbonyl (C=O) groups excluding carboxylic acids is 1. The minimum absolute atomic E-state index is 0.377. The highest BCUT2D eigenvalue weighted by Crippen LogP contribution is 2.15.